The van der Waals surface area contributed by atoms with Crippen LogP contribution in [0.2, 0.25) is 0 Å². The standard InChI is InChI=1S/C9H12NO3PS2/c11-9(12)3-5-14(13)6-7-15-16-8-2-1-4-10-8/h1-2,4,10H,3,5-7H2/p+1. The van der Waals surface area contributed by atoms with E-state index >= 15 is 0 Å². The zero-order valence-electron chi connectivity index (χ0n) is 8.59. The monoisotopic (exact) mass is 278 g/mol. The van der Waals surface area contributed by atoms with Crippen LogP contribution in [0.4, 0.5) is 0 Å². The number of aromatic amines is 1. The molecule has 0 amide bonds. The lowest BCUT2D eigenvalue weighted by Gasteiger charge is -1.93. The molecule has 88 valence electrons. The van der Waals surface area contributed by atoms with Gasteiger partial charge in [0, 0.05) is 11.9 Å². The summed E-state index contributed by atoms with van der Waals surface area (Å²) in [6.07, 6.45) is 2.74. The molecule has 1 atom stereocenters. The molecule has 0 aromatic carbocycles. The number of carbonyl (C=O) groups is 1. The molecule has 1 heterocycles. The van der Waals surface area contributed by atoms with E-state index in [0.29, 0.717) is 12.3 Å². The zero-order valence-corrected chi connectivity index (χ0v) is 11.1. The first-order chi connectivity index (χ1) is 7.68. The number of rotatable bonds is 8. The van der Waals surface area contributed by atoms with E-state index in [2.05, 4.69) is 4.98 Å². The van der Waals surface area contributed by atoms with Gasteiger partial charge in [-0.1, -0.05) is 15.4 Å². The lowest BCUT2D eigenvalue weighted by atomic mass is 10.5. The van der Waals surface area contributed by atoms with Crippen LogP contribution in [0.15, 0.2) is 23.4 Å². The van der Waals surface area contributed by atoms with Crippen LogP contribution in [0.25, 0.3) is 0 Å². The van der Waals surface area contributed by atoms with Crippen molar-refractivity contribution >= 4 is 35.4 Å². The van der Waals surface area contributed by atoms with E-state index in [4.69, 9.17) is 5.11 Å². The molecule has 0 radical (unpaired) electrons. The molecule has 4 nitrogen and oxygen atoms in total. The minimum absolute atomic E-state index is 0.00361. The summed E-state index contributed by atoms with van der Waals surface area (Å²) in [6, 6.07) is 3.90. The Morgan fingerprint density at radius 3 is 2.94 bits per heavy atom. The smallest absolute Gasteiger partial charge is 0.340 e. The number of carboxylic acid groups (broad SMARTS) is 1. The molecule has 1 rings (SSSR count). The van der Waals surface area contributed by atoms with Gasteiger partial charge in [0.1, 0.15) is 0 Å². The summed E-state index contributed by atoms with van der Waals surface area (Å²) in [5.41, 5.74) is 0. The maximum atomic E-state index is 11.4. The summed E-state index contributed by atoms with van der Waals surface area (Å²) >= 11 is 0. The van der Waals surface area contributed by atoms with Crippen LogP contribution in [0, 0.1) is 0 Å². The Labute approximate surface area is 103 Å². The summed E-state index contributed by atoms with van der Waals surface area (Å²) in [5.74, 6) is -0.102. The third-order valence-electron chi connectivity index (χ3n) is 1.72. The van der Waals surface area contributed by atoms with Gasteiger partial charge in [0.25, 0.3) is 0 Å². The number of nitrogens with one attached hydrogen (secondary N) is 1. The Hall–Kier alpha value is -0.450. The normalized spacial score (nSPS) is 11.4. The van der Waals surface area contributed by atoms with E-state index in [1.807, 2.05) is 18.3 Å². The zero-order chi connectivity index (χ0) is 11.8. The second kappa shape index (κ2) is 7.76. The van der Waals surface area contributed by atoms with Gasteiger partial charge in [-0.3, -0.25) is 4.79 Å². The fraction of sp³-hybridized carbons (Fsp3) is 0.444. The van der Waals surface area contributed by atoms with Crippen molar-refractivity contribution in [2.45, 2.75) is 11.4 Å². The van der Waals surface area contributed by atoms with Crippen molar-refractivity contribution in [3.8, 4) is 0 Å². The van der Waals surface area contributed by atoms with Crippen LogP contribution < -0.4 is 0 Å². The molecule has 1 unspecified atom stereocenters. The van der Waals surface area contributed by atoms with Crippen LogP contribution in [0.1, 0.15) is 6.42 Å². The molecule has 1 aromatic rings. The Morgan fingerprint density at radius 2 is 2.31 bits per heavy atom. The van der Waals surface area contributed by atoms with Crippen molar-refractivity contribution in [3.63, 3.8) is 0 Å². The van der Waals surface area contributed by atoms with E-state index in [9.17, 15) is 9.36 Å². The molecule has 0 spiro atoms. The van der Waals surface area contributed by atoms with E-state index in [1.165, 1.54) is 0 Å². The fourth-order valence-corrected chi connectivity index (χ4v) is 4.79. The SMILES string of the molecule is O=C(O)CC[P+](=O)CCSSc1ccc[nH]1. The van der Waals surface area contributed by atoms with Gasteiger partial charge in [-0.25, -0.2) is 0 Å². The number of hydrogen-bond acceptors (Lipinski definition) is 4. The second-order valence-corrected chi connectivity index (χ2v) is 7.33. The third kappa shape index (κ3) is 6.20. The predicted octanol–water partition coefficient (Wildman–Crippen LogP) is 3.06. The van der Waals surface area contributed by atoms with Gasteiger partial charge < -0.3 is 10.1 Å². The topological polar surface area (TPSA) is 70.2 Å². The molecule has 7 heteroatoms. The molecule has 0 aliphatic rings. The van der Waals surface area contributed by atoms with E-state index in [0.717, 1.165) is 10.8 Å². The number of H-pyrrole nitrogens is 1. The minimum atomic E-state index is -1.36. The number of hydrogen-bond donors (Lipinski definition) is 2. The van der Waals surface area contributed by atoms with Crippen molar-refractivity contribution in [2.24, 2.45) is 0 Å². The maximum absolute atomic E-state index is 11.4. The van der Waals surface area contributed by atoms with E-state index < -0.39 is 13.8 Å². The second-order valence-electron chi connectivity index (χ2n) is 3.01. The number of carboxylic acids is 1. The highest BCUT2D eigenvalue weighted by Crippen LogP contribution is 2.32. The molecule has 2 N–H and O–H groups in total. The highest BCUT2D eigenvalue weighted by atomic mass is 33.1. The highest BCUT2D eigenvalue weighted by molar-refractivity contribution is 8.76. The van der Waals surface area contributed by atoms with Gasteiger partial charge in [0.2, 0.25) is 0 Å². The van der Waals surface area contributed by atoms with E-state index in [1.54, 1.807) is 21.6 Å². The summed E-state index contributed by atoms with van der Waals surface area (Å²) < 4.78 is 11.4. The maximum Gasteiger partial charge on any atom is 0.340 e. The van der Waals surface area contributed by atoms with Crippen molar-refractivity contribution in [1.82, 2.24) is 4.98 Å². The Kier molecular flexibility index (Phi) is 6.61. The van der Waals surface area contributed by atoms with Crippen LogP contribution >= 0.6 is 29.4 Å². The van der Waals surface area contributed by atoms with Crippen molar-refractivity contribution in [2.75, 3.05) is 18.1 Å². The lowest BCUT2D eigenvalue weighted by molar-refractivity contribution is -0.136. The molecule has 0 aliphatic carbocycles. The molecule has 0 saturated carbocycles. The van der Waals surface area contributed by atoms with E-state index in [-0.39, 0.29) is 6.42 Å². The Bertz CT molecular complexity index is 343. The van der Waals surface area contributed by atoms with Gasteiger partial charge in [0.15, 0.2) is 12.3 Å². The summed E-state index contributed by atoms with van der Waals surface area (Å²) in [4.78, 5) is 13.3. The number of aromatic nitrogens is 1. The first kappa shape index (κ1) is 13.6. The van der Waals surface area contributed by atoms with Crippen molar-refractivity contribution < 1.29 is 14.5 Å². The highest BCUT2D eigenvalue weighted by Gasteiger charge is 2.16. The van der Waals surface area contributed by atoms with Gasteiger partial charge >= 0.3 is 13.8 Å². The average Bonchev–Trinajstić information content (AvgIpc) is 2.74. The Balaban J connectivity index is 2.02. The Morgan fingerprint density at radius 1 is 1.50 bits per heavy atom. The molecule has 0 bridgehead atoms. The largest absolute Gasteiger partial charge is 0.481 e. The lowest BCUT2D eigenvalue weighted by Crippen LogP contribution is -1.97. The predicted molar refractivity (Wildman–Crippen MR) is 68.7 cm³/mol. The minimum Gasteiger partial charge on any atom is -0.481 e. The first-order valence-corrected chi connectivity index (χ1v) is 8.70. The number of aliphatic carboxylic acids is 1. The fourth-order valence-electron chi connectivity index (χ4n) is 0.942. The van der Waals surface area contributed by atoms with Gasteiger partial charge in [-0.2, -0.15) is 0 Å². The van der Waals surface area contributed by atoms with Crippen LogP contribution in [0.3, 0.4) is 0 Å². The summed E-state index contributed by atoms with van der Waals surface area (Å²) in [7, 11) is 1.88. The molecular weight excluding hydrogens is 265 g/mol. The van der Waals surface area contributed by atoms with Crippen LogP contribution in [-0.4, -0.2) is 34.1 Å². The molecule has 16 heavy (non-hydrogen) atoms. The van der Waals surface area contributed by atoms with Gasteiger partial charge in [-0.05, 0) is 22.9 Å². The molecule has 0 fully saturated rings. The first-order valence-electron chi connectivity index (χ1n) is 4.75. The van der Waals surface area contributed by atoms with Crippen LogP contribution in [-0.2, 0) is 9.36 Å². The van der Waals surface area contributed by atoms with Gasteiger partial charge in [0.05, 0.1) is 11.4 Å². The van der Waals surface area contributed by atoms with Crippen molar-refractivity contribution in [1.29, 1.82) is 0 Å². The molecule has 1 aromatic heterocycles. The van der Waals surface area contributed by atoms with Crippen LogP contribution in [0.5, 0.6) is 0 Å². The van der Waals surface area contributed by atoms with Crippen molar-refractivity contribution in [3.05, 3.63) is 18.3 Å². The summed E-state index contributed by atoms with van der Waals surface area (Å²) in [5, 5.41) is 9.49. The quantitative estimate of drug-likeness (QED) is 0.434. The summed E-state index contributed by atoms with van der Waals surface area (Å²) in [6.45, 7) is 0. The third-order valence-corrected chi connectivity index (χ3v) is 5.78. The average molecular weight is 278 g/mol. The molecule has 0 aliphatic heterocycles. The molecular formula is C9H13NO3PS2+. The molecule has 0 saturated heterocycles. The van der Waals surface area contributed by atoms with Gasteiger partial charge in [-0.15, -0.1) is 0 Å².